The predicted molar refractivity (Wildman–Crippen MR) is 130 cm³/mol. The maximum Gasteiger partial charge on any atom is 0.309 e. The van der Waals surface area contributed by atoms with Gasteiger partial charge in [-0.15, -0.1) is 0 Å². The molecule has 3 aliphatic carbocycles. The van der Waals surface area contributed by atoms with E-state index in [4.69, 9.17) is 4.74 Å². The first kappa shape index (κ1) is 26.4. The molecule has 1 heterocycles. The number of carbonyl (C=O) groups excluding carboxylic acids is 1. The van der Waals surface area contributed by atoms with Gasteiger partial charge in [-0.1, -0.05) is 41.5 Å². The van der Waals surface area contributed by atoms with Gasteiger partial charge in [0.2, 0.25) is 0 Å². The number of esters is 1. The molecule has 0 unspecified atom stereocenters. The molecule has 0 amide bonds. The molecule has 196 valence electrons. The van der Waals surface area contributed by atoms with Crippen molar-refractivity contribution in [1.82, 2.24) is 0 Å². The van der Waals surface area contributed by atoms with Gasteiger partial charge in [-0.2, -0.15) is 0 Å². The van der Waals surface area contributed by atoms with E-state index in [1.165, 1.54) is 0 Å². The zero-order valence-electron chi connectivity index (χ0n) is 22.0. The molecule has 0 aromatic heterocycles. The number of hydrogen-bond donors (Lipinski definition) is 4. The molecule has 1 aliphatic heterocycles. The van der Waals surface area contributed by atoms with Gasteiger partial charge in [-0.25, -0.2) is 0 Å². The lowest BCUT2D eigenvalue weighted by Crippen LogP contribution is -2.55. The van der Waals surface area contributed by atoms with E-state index in [2.05, 4.69) is 34.6 Å². The van der Waals surface area contributed by atoms with E-state index in [1.807, 2.05) is 6.92 Å². The molecule has 0 aromatic carbocycles. The molecule has 0 aromatic rings. The van der Waals surface area contributed by atoms with Crippen molar-refractivity contribution < 1.29 is 30.0 Å². The van der Waals surface area contributed by atoms with Gasteiger partial charge in [-0.3, -0.25) is 4.79 Å². The Bertz CT molecular complexity index is 755. The Hall–Kier alpha value is -0.690. The summed E-state index contributed by atoms with van der Waals surface area (Å²) in [5.74, 6) is 0.948. The van der Waals surface area contributed by atoms with Crippen molar-refractivity contribution in [3.8, 4) is 0 Å². The van der Waals surface area contributed by atoms with E-state index >= 15 is 0 Å². The van der Waals surface area contributed by atoms with Crippen molar-refractivity contribution in [3.05, 3.63) is 0 Å². The van der Waals surface area contributed by atoms with Crippen molar-refractivity contribution in [2.45, 2.75) is 104 Å². The lowest BCUT2D eigenvalue weighted by atomic mass is 9.48. The summed E-state index contributed by atoms with van der Waals surface area (Å²) in [5.41, 5.74) is -0.345. The number of cyclic esters (lactones) is 1. The largest absolute Gasteiger partial charge is 0.465 e. The van der Waals surface area contributed by atoms with Gasteiger partial charge >= 0.3 is 5.97 Å². The van der Waals surface area contributed by atoms with E-state index in [-0.39, 0.29) is 52.8 Å². The number of carbonyl (C=O) groups is 1. The summed E-state index contributed by atoms with van der Waals surface area (Å²) in [6, 6.07) is 0. The average molecular weight is 481 g/mol. The van der Waals surface area contributed by atoms with E-state index in [0.29, 0.717) is 30.8 Å². The van der Waals surface area contributed by atoms with Crippen LogP contribution >= 0.6 is 0 Å². The summed E-state index contributed by atoms with van der Waals surface area (Å²) >= 11 is 0. The maximum absolute atomic E-state index is 13.0. The van der Waals surface area contributed by atoms with Crippen LogP contribution in [-0.4, -0.2) is 57.4 Å². The fourth-order valence-electron chi connectivity index (χ4n) is 8.95. The van der Waals surface area contributed by atoms with Crippen LogP contribution in [0.1, 0.15) is 80.1 Å². The number of aliphatic hydroxyl groups excluding tert-OH is 4. The average Bonchev–Trinajstić information content (AvgIpc) is 3.09. The highest BCUT2D eigenvalue weighted by molar-refractivity contribution is 5.74. The van der Waals surface area contributed by atoms with Gasteiger partial charge in [0, 0.05) is 0 Å². The summed E-state index contributed by atoms with van der Waals surface area (Å²) in [6.45, 7) is 13.2. The zero-order chi connectivity index (χ0) is 25.2. The molecule has 4 fully saturated rings. The number of fused-ring (bicyclic) bond motifs is 5. The van der Waals surface area contributed by atoms with E-state index in [1.54, 1.807) is 0 Å². The molecule has 0 radical (unpaired) electrons. The first-order chi connectivity index (χ1) is 15.8. The molecule has 4 aliphatic rings. The van der Waals surface area contributed by atoms with Gasteiger partial charge in [0.25, 0.3) is 0 Å². The van der Waals surface area contributed by atoms with Gasteiger partial charge in [0.05, 0.1) is 36.9 Å². The van der Waals surface area contributed by atoms with E-state index in [0.717, 1.165) is 25.7 Å². The molecular formula is C28H48O6. The van der Waals surface area contributed by atoms with Crippen LogP contribution < -0.4 is 0 Å². The highest BCUT2D eigenvalue weighted by Gasteiger charge is 2.63. The maximum atomic E-state index is 13.0. The van der Waals surface area contributed by atoms with Crippen LogP contribution in [0.15, 0.2) is 0 Å². The molecule has 1 saturated heterocycles. The smallest absolute Gasteiger partial charge is 0.309 e. The van der Waals surface area contributed by atoms with Crippen LogP contribution in [0.2, 0.25) is 0 Å². The Kier molecular flexibility index (Phi) is 7.23. The number of ether oxygens (including phenoxy) is 1. The Balaban J connectivity index is 1.58. The summed E-state index contributed by atoms with van der Waals surface area (Å²) in [7, 11) is 0. The molecule has 6 heteroatoms. The molecule has 6 nitrogen and oxygen atoms in total. The molecule has 4 rings (SSSR count). The molecule has 13 atom stereocenters. The third-order valence-electron chi connectivity index (χ3n) is 11.5. The monoisotopic (exact) mass is 480 g/mol. The minimum absolute atomic E-state index is 0.00827. The Morgan fingerprint density at radius 1 is 0.912 bits per heavy atom. The fraction of sp³-hybridized carbons (Fsp3) is 0.964. The van der Waals surface area contributed by atoms with Crippen LogP contribution in [-0.2, 0) is 9.53 Å². The van der Waals surface area contributed by atoms with Crippen LogP contribution in [0, 0.1) is 58.2 Å². The SMILES string of the molecule is CC(C)[C@@H](C)[C@@H](O)[C@H](O)[C@@H](C)[C@H]1CC[C@H]2[C@@H]3COC(=O)[C@H]4C[C@@H](O)[C@H](O)C[C@]4(C)[C@H]3CC[C@]12C. The van der Waals surface area contributed by atoms with Gasteiger partial charge in [0.15, 0.2) is 0 Å². The van der Waals surface area contributed by atoms with Gasteiger partial charge in [-0.05, 0) is 90.8 Å². The third kappa shape index (κ3) is 4.05. The van der Waals surface area contributed by atoms with Gasteiger partial charge in [0.1, 0.15) is 0 Å². The van der Waals surface area contributed by atoms with Crippen molar-refractivity contribution in [1.29, 1.82) is 0 Å². The van der Waals surface area contributed by atoms with Crippen LogP contribution in [0.25, 0.3) is 0 Å². The quantitative estimate of drug-likeness (QED) is 0.450. The van der Waals surface area contributed by atoms with Crippen LogP contribution in [0.3, 0.4) is 0 Å². The number of hydrogen-bond acceptors (Lipinski definition) is 6. The molecule has 3 saturated carbocycles. The second kappa shape index (κ2) is 9.32. The fourth-order valence-corrected chi connectivity index (χ4v) is 8.95. The first-order valence-corrected chi connectivity index (χ1v) is 13.7. The highest BCUT2D eigenvalue weighted by Crippen LogP contribution is 2.66. The van der Waals surface area contributed by atoms with Crippen LogP contribution in [0.4, 0.5) is 0 Å². The highest BCUT2D eigenvalue weighted by atomic mass is 16.5. The normalized spacial score (nSPS) is 48.1. The lowest BCUT2D eigenvalue weighted by molar-refractivity contribution is -0.162. The summed E-state index contributed by atoms with van der Waals surface area (Å²) in [6.07, 6.45) is 1.61. The molecule has 34 heavy (non-hydrogen) atoms. The van der Waals surface area contributed by atoms with Crippen molar-refractivity contribution in [3.63, 3.8) is 0 Å². The third-order valence-corrected chi connectivity index (χ3v) is 11.5. The van der Waals surface area contributed by atoms with Crippen LogP contribution in [0.5, 0.6) is 0 Å². The van der Waals surface area contributed by atoms with Crippen molar-refractivity contribution >= 4 is 5.97 Å². The molecule has 4 N–H and O–H groups in total. The Labute approximate surface area is 205 Å². The standard InChI is InChI=1S/C28H48O6/c1-14(2)15(3)24(31)25(32)16(4)18-7-8-19-17-13-34-26(33)21-11-22(29)23(30)12-28(21,6)20(17)9-10-27(18,19)5/h14-25,29-32H,7-13H2,1-6H3/t15-,16+,17+,18-,19+,20+,21-,22-,23-,24-,25-,27-,28-/m1/s1. The Morgan fingerprint density at radius 3 is 2.21 bits per heavy atom. The summed E-state index contributed by atoms with van der Waals surface area (Å²) in [5, 5.41) is 42.9. The predicted octanol–water partition coefficient (Wildman–Crippen LogP) is 3.39. The van der Waals surface area contributed by atoms with E-state index in [9.17, 15) is 25.2 Å². The van der Waals surface area contributed by atoms with Gasteiger partial charge < -0.3 is 25.2 Å². The number of aliphatic hydroxyl groups is 4. The number of rotatable bonds is 5. The topological polar surface area (TPSA) is 107 Å². The van der Waals surface area contributed by atoms with Crippen molar-refractivity contribution in [2.24, 2.45) is 58.2 Å². The minimum atomic E-state index is -0.867. The second-order valence-corrected chi connectivity index (χ2v) is 13.3. The lowest BCUT2D eigenvalue weighted by Gasteiger charge is -2.56. The van der Waals surface area contributed by atoms with E-state index < -0.39 is 24.4 Å². The second-order valence-electron chi connectivity index (χ2n) is 13.3. The summed E-state index contributed by atoms with van der Waals surface area (Å²) in [4.78, 5) is 13.0. The minimum Gasteiger partial charge on any atom is -0.465 e. The Morgan fingerprint density at radius 2 is 1.56 bits per heavy atom. The summed E-state index contributed by atoms with van der Waals surface area (Å²) < 4.78 is 5.86. The molecule has 0 bridgehead atoms. The first-order valence-electron chi connectivity index (χ1n) is 13.7. The molecule has 0 spiro atoms. The molecular weight excluding hydrogens is 432 g/mol. The van der Waals surface area contributed by atoms with Crippen molar-refractivity contribution in [2.75, 3.05) is 6.61 Å². The zero-order valence-corrected chi connectivity index (χ0v) is 22.0.